The monoisotopic (exact) mass is 264 g/mol. The first-order valence-electron chi connectivity index (χ1n) is 4.71. The van der Waals surface area contributed by atoms with Crippen molar-refractivity contribution >= 4 is 21.6 Å². The second kappa shape index (κ2) is 5.57. The van der Waals surface area contributed by atoms with E-state index < -0.39 is 0 Å². The second-order valence-electron chi connectivity index (χ2n) is 3.44. The summed E-state index contributed by atoms with van der Waals surface area (Å²) in [5, 5.41) is 12.0. The molecule has 1 N–H and O–H groups in total. The number of hydrogen-bond acceptors (Lipinski definition) is 2. The number of hydrogen-bond donors (Lipinski definition) is 1. The van der Waals surface area contributed by atoms with Gasteiger partial charge in [-0.2, -0.15) is 5.26 Å². The highest BCUT2D eigenvalue weighted by Gasteiger charge is 2.00. The molecule has 0 unspecified atom stereocenters. The third kappa shape index (κ3) is 3.77. The SMILES string of the molecule is C=C(C)CCNc1ccc(C#N)cc1Br. The number of rotatable bonds is 4. The maximum Gasteiger partial charge on any atom is 0.0992 e. The Hall–Kier alpha value is -1.27. The predicted octanol–water partition coefficient (Wildman–Crippen LogP) is 3.70. The maximum atomic E-state index is 8.70. The Morgan fingerprint density at radius 2 is 2.33 bits per heavy atom. The smallest absolute Gasteiger partial charge is 0.0992 e. The lowest BCUT2D eigenvalue weighted by molar-refractivity contribution is 1.00. The van der Waals surface area contributed by atoms with Gasteiger partial charge in [0.15, 0.2) is 0 Å². The molecule has 0 spiro atoms. The fourth-order valence-electron chi connectivity index (χ4n) is 1.14. The lowest BCUT2D eigenvalue weighted by Crippen LogP contribution is -2.02. The predicted molar refractivity (Wildman–Crippen MR) is 66.8 cm³/mol. The lowest BCUT2D eigenvalue weighted by atomic mass is 10.2. The highest BCUT2D eigenvalue weighted by Crippen LogP contribution is 2.23. The highest BCUT2D eigenvalue weighted by molar-refractivity contribution is 9.10. The van der Waals surface area contributed by atoms with Crippen LogP contribution in [0.5, 0.6) is 0 Å². The lowest BCUT2D eigenvalue weighted by Gasteiger charge is -2.08. The van der Waals surface area contributed by atoms with Crippen LogP contribution in [0.15, 0.2) is 34.8 Å². The molecular formula is C12H13BrN2. The average molecular weight is 265 g/mol. The van der Waals surface area contributed by atoms with Gasteiger partial charge in [-0.1, -0.05) is 5.57 Å². The first-order chi connectivity index (χ1) is 7.13. The molecule has 0 saturated heterocycles. The van der Waals surface area contributed by atoms with E-state index in [4.69, 9.17) is 5.26 Å². The molecule has 78 valence electrons. The van der Waals surface area contributed by atoms with Crippen LogP contribution in [-0.2, 0) is 0 Å². The third-order valence-electron chi connectivity index (χ3n) is 1.97. The van der Waals surface area contributed by atoms with Gasteiger partial charge in [0.25, 0.3) is 0 Å². The zero-order valence-corrected chi connectivity index (χ0v) is 10.3. The van der Waals surface area contributed by atoms with Gasteiger partial charge in [-0.15, -0.1) is 6.58 Å². The Labute approximate surface area is 98.7 Å². The summed E-state index contributed by atoms with van der Waals surface area (Å²) in [5.74, 6) is 0. The molecule has 0 aromatic heterocycles. The minimum absolute atomic E-state index is 0.660. The van der Waals surface area contributed by atoms with E-state index in [-0.39, 0.29) is 0 Å². The van der Waals surface area contributed by atoms with Gasteiger partial charge < -0.3 is 5.32 Å². The van der Waals surface area contributed by atoms with Crippen molar-refractivity contribution in [2.45, 2.75) is 13.3 Å². The number of nitrogens with zero attached hydrogens (tertiary/aromatic N) is 1. The highest BCUT2D eigenvalue weighted by atomic mass is 79.9. The first kappa shape index (κ1) is 11.8. The zero-order valence-electron chi connectivity index (χ0n) is 8.68. The van der Waals surface area contributed by atoms with E-state index in [0.717, 1.165) is 28.7 Å². The van der Waals surface area contributed by atoms with Crippen molar-refractivity contribution in [1.82, 2.24) is 0 Å². The van der Waals surface area contributed by atoms with Gasteiger partial charge in [0.05, 0.1) is 11.6 Å². The largest absolute Gasteiger partial charge is 0.384 e. The molecular weight excluding hydrogens is 252 g/mol. The average Bonchev–Trinajstić information content (AvgIpc) is 2.20. The summed E-state index contributed by atoms with van der Waals surface area (Å²) < 4.78 is 0.920. The number of benzene rings is 1. The van der Waals surface area contributed by atoms with Crippen LogP contribution in [-0.4, -0.2) is 6.54 Å². The molecule has 1 rings (SSSR count). The summed E-state index contributed by atoms with van der Waals surface area (Å²) in [7, 11) is 0. The molecule has 0 radical (unpaired) electrons. The molecule has 0 atom stereocenters. The van der Waals surface area contributed by atoms with Crippen LogP contribution < -0.4 is 5.32 Å². The normalized spacial score (nSPS) is 9.40. The second-order valence-corrected chi connectivity index (χ2v) is 4.29. The third-order valence-corrected chi connectivity index (χ3v) is 2.62. The summed E-state index contributed by atoms with van der Waals surface area (Å²) in [6.07, 6.45) is 0.951. The molecule has 0 amide bonds. The molecule has 0 saturated carbocycles. The van der Waals surface area contributed by atoms with E-state index in [1.165, 1.54) is 0 Å². The zero-order chi connectivity index (χ0) is 11.3. The van der Waals surface area contributed by atoms with Gasteiger partial charge >= 0.3 is 0 Å². The molecule has 1 aromatic rings. The van der Waals surface area contributed by atoms with Crippen molar-refractivity contribution in [3.8, 4) is 6.07 Å². The van der Waals surface area contributed by atoms with Crippen molar-refractivity contribution in [2.75, 3.05) is 11.9 Å². The number of nitrogens with one attached hydrogen (secondary N) is 1. The van der Waals surface area contributed by atoms with E-state index in [0.29, 0.717) is 5.56 Å². The summed E-state index contributed by atoms with van der Waals surface area (Å²) in [4.78, 5) is 0. The van der Waals surface area contributed by atoms with Crippen LogP contribution in [0.1, 0.15) is 18.9 Å². The van der Waals surface area contributed by atoms with E-state index in [9.17, 15) is 0 Å². The minimum atomic E-state index is 0.660. The van der Waals surface area contributed by atoms with Crippen LogP contribution in [0.3, 0.4) is 0 Å². The Balaban J connectivity index is 2.63. The molecule has 0 aliphatic rings. The van der Waals surface area contributed by atoms with Crippen LogP contribution in [0.25, 0.3) is 0 Å². The van der Waals surface area contributed by atoms with Crippen molar-refractivity contribution in [3.63, 3.8) is 0 Å². The van der Waals surface area contributed by atoms with E-state index in [2.05, 4.69) is 33.9 Å². The van der Waals surface area contributed by atoms with Crippen molar-refractivity contribution in [1.29, 1.82) is 5.26 Å². The summed E-state index contributed by atoms with van der Waals surface area (Å²) in [6.45, 7) is 6.71. The number of anilines is 1. The standard InChI is InChI=1S/C12H13BrN2/c1-9(2)5-6-15-12-4-3-10(8-14)7-11(12)13/h3-4,7,15H,1,5-6H2,2H3. The molecule has 0 fully saturated rings. The van der Waals surface area contributed by atoms with E-state index in [1.807, 2.05) is 19.1 Å². The fraction of sp³-hybridized carbons (Fsp3) is 0.250. The van der Waals surface area contributed by atoms with Gasteiger partial charge in [-0.25, -0.2) is 0 Å². The molecule has 0 heterocycles. The summed E-state index contributed by atoms with van der Waals surface area (Å²) in [5.41, 5.74) is 2.83. The van der Waals surface area contributed by atoms with Crippen LogP contribution in [0, 0.1) is 11.3 Å². The molecule has 0 aliphatic carbocycles. The van der Waals surface area contributed by atoms with Gasteiger partial charge in [0, 0.05) is 16.7 Å². The van der Waals surface area contributed by atoms with Gasteiger partial charge in [-0.05, 0) is 47.5 Å². The van der Waals surface area contributed by atoms with Crippen LogP contribution >= 0.6 is 15.9 Å². The fourth-order valence-corrected chi connectivity index (χ4v) is 1.66. The quantitative estimate of drug-likeness (QED) is 0.842. The van der Waals surface area contributed by atoms with Crippen LogP contribution in [0.2, 0.25) is 0 Å². The van der Waals surface area contributed by atoms with Gasteiger partial charge in [0.2, 0.25) is 0 Å². The molecule has 1 aromatic carbocycles. The van der Waals surface area contributed by atoms with E-state index in [1.54, 1.807) is 6.07 Å². The van der Waals surface area contributed by atoms with Crippen molar-refractivity contribution < 1.29 is 0 Å². The number of nitriles is 1. The Kier molecular flexibility index (Phi) is 4.38. The summed E-state index contributed by atoms with van der Waals surface area (Å²) >= 11 is 3.42. The molecule has 2 nitrogen and oxygen atoms in total. The van der Waals surface area contributed by atoms with Crippen molar-refractivity contribution in [2.24, 2.45) is 0 Å². The number of halogens is 1. The van der Waals surface area contributed by atoms with Crippen molar-refractivity contribution in [3.05, 3.63) is 40.4 Å². The Bertz CT molecular complexity index is 405. The molecule has 15 heavy (non-hydrogen) atoms. The van der Waals surface area contributed by atoms with Crippen LogP contribution in [0.4, 0.5) is 5.69 Å². The molecule has 3 heteroatoms. The van der Waals surface area contributed by atoms with E-state index >= 15 is 0 Å². The first-order valence-corrected chi connectivity index (χ1v) is 5.50. The van der Waals surface area contributed by atoms with Gasteiger partial charge in [0.1, 0.15) is 0 Å². The van der Waals surface area contributed by atoms with Gasteiger partial charge in [-0.3, -0.25) is 0 Å². The molecule has 0 aliphatic heterocycles. The Morgan fingerprint density at radius 1 is 1.60 bits per heavy atom. The summed E-state index contributed by atoms with van der Waals surface area (Å²) in [6, 6.07) is 7.61. The minimum Gasteiger partial charge on any atom is -0.384 e. The molecule has 0 bridgehead atoms. The Morgan fingerprint density at radius 3 is 2.87 bits per heavy atom. The maximum absolute atomic E-state index is 8.70. The topological polar surface area (TPSA) is 35.8 Å².